The molecule has 0 aliphatic heterocycles. The molecule has 0 spiro atoms. The molecule has 32 heavy (non-hydrogen) atoms. The van der Waals surface area contributed by atoms with Gasteiger partial charge in [0.25, 0.3) is 0 Å². The first-order valence-corrected chi connectivity index (χ1v) is 13.2. The van der Waals surface area contributed by atoms with Crippen molar-refractivity contribution in [3.8, 4) is 11.4 Å². The standard InChI is InChI=1S/C22H26N4O3S3/c1-12(2)26-19(14-9-13(3)30-10-14)24-25-22(26)31-11-17(27)23-20-18(21(28)29-4)15-7-5-6-8-16(15)32-20/h9-10,12H,5-8,11H2,1-4H3,(H,23,27). The monoisotopic (exact) mass is 490 g/mol. The molecule has 1 amide bonds. The van der Waals surface area contributed by atoms with Crippen LogP contribution in [-0.2, 0) is 22.4 Å². The summed E-state index contributed by atoms with van der Waals surface area (Å²) in [6.07, 6.45) is 3.95. The van der Waals surface area contributed by atoms with Crippen molar-refractivity contribution in [2.45, 2.75) is 57.7 Å². The van der Waals surface area contributed by atoms with Crippen LogP contribution in [0.25, 0.3) is 11.4 Å². The van der Waals surface area contributed by atoms with Crippen LogP contribution in [0.1, 0.15) is 58.4 Å². The fourth-order valence-corrected chi connectivity index (χ4v) is 6.71. The minimum Gasteiger partial charge on any atom is -0.465 e. The summed E-state index contributed by atoms with van der Waals surface area (Å²) in [6.45, 7) is 6.22. The topological polar surface area (TPSA) is 86.1 Å². The Bertz CT molecular complexity index is 1150. The van der Waals surface area contributed by atoms with Crippen LogP contribution >= 0.6 is 34.4 Å². The number of ether oxygens (including phenoxy) is 1. The van der Waals surface area contributed by atoms with Crippen LogP contribution in [-0.4, -0.2) is 39.5 Å². The fourth-order valence-electron chi connectivity index (χ4n) is 3.86. The third kappa shape index (κ3) is 4.62. The van der Waals surface area contributed by atoms with Gasteiger partial charge in [-0.15, -0.1) is 32.9 Å². The molecule has 4 rings (SSSR count). The molecule has 0 unspecified atom stereocenters. The lowest BCUT2D eigenvalue weighted by Gasteiger charge is -2.13. The van der Waals surface area contributed by atoms with E-state index in [9.17, 15) is 9.59 Å². The lowest BCUT2D eigenvalue weighted by atomic mass is 9.95. The zero-order valence-electron chi connectivity index (χ0n) is 18.6. The third-order valence-corrected chi connectivity index (χ3v) is 8.33. The highest BCUT2D eigenvalue weighted by Crippen LogP contribution is 2.39. The molecule has 3 aromatic heterocycles. The van der Waals surface area contributed by atoms with Crippen LogP contribution in [0.2, 0.25) is 0 Å². The summed E-state index contributed by atoms with van der Waals surface area (Å²) in [5.41, 5.74) is 2.59. The SMILES string of the molecule is COC(=O)c1c(NC(=O)CSc2nnc(-c3csc(C)c3)n2C(C)C)sc2c1CCCC2. The zero-order valence-corrected chi connectivity index (χ0v) is 21.0. The van der Waals surface area contributed by atoms with Crippen LogP contribution in [0, 0.1) is 6.92 Å². The number of amides is 1. The molecule has 3 aromatic rings. The van der Waals surface area contributed by atoms with Crippen molar-refractivity contribution in [1.82, 2.24) is 14.8 Å². The molecule has 0 atom stereocenters. The van der Waals surface area contributed by atoms with E-state index in [0.29, 0.717) is 15.7 Å². The number of nitrogens with one attached hydrogen (secondary N) is 1. The quantitative estimate of drug-likeness (QED) is 0.355. The number of aromatic nitrogens is 3. The predicted octanol–water partition coefficient (Wildman–Crippen LogP) is 5.35. The van der Waals surface area contributed by atoms with Crippen LogP contribution in [0.15, 0.2) is 16.6 Å². The van der Waals surface area contributed by atoms with Gasteiger partial charge >= 0.3 is 5.97 Å². The molecule has 10 heteroatoms. The van der Waals surface area contributed by atoms with Crippen LogP contribution in [0.3, 0.4) is 0 Å². The highest BCUT2D eigenvalue weighted by molar-refractivity contribution is 7.99. The number of aryl methyl sites for hydroxylation is 2. The second-order valence-electron chi connectivity index (χ2n) is 7.96. The Labute approximate surface area is 199 Å². The number of thioether (sulfide) groups is 1. The molecule has 0 bridgehead atoms. The highest BCUT2D eigenvalue weighted by Gasteiger charge is 2.27. The van der Waals surface area contributed by atoms with E-state index in [0.717, 1.165) is 42.6 Å². The molecule has 0 fully saturated rings. The van der Waals surface area contributed by atoms with Crippen molar-refractivity contribution in [3.05, 3.63) is 32.3 Å². The van der Waals surface area contributed by atoms with Gasteiger partial charge in [-0.05, 0) is 58.1 Å². The summed E-state index contributed by atoms with van der Waals surface area (Å²) in [7, 11) is 1.38. The van der Waals surface area contributed by atoms with Crippen molar-refractivity contribution in [2.75, 3.05) is 18.2 Å². The van der Waals surface area contributed by atoms with Crippen LogP contribution in [0.4, 0.5) is 5.00 Å². The lowest BCUT2D eigenvalue weighted by Crippen LogP contribution is -2.17. The smallest absolute Gasteiger partial charge is 0.341 e. The summed E-state index contributed by atoms with van der Waals surface area (Å²) in [5.74, 6) is 0.426. The number of rotatable bonds is 7. The first-order valence-electron chi connectivity index (χ1n) is 10.5. The Balaban J connectivity index is 1.50. The van der Waals surface area contributed by atoms with Gasteiger partial charge < -0.3 is 10.1 Å². The summed E-state index contributed by atoms with van der Waals surface area (Å²) >= 11 is 4.52. The van der Waals surface area contributed by atoms with Crippen molar-refractivity contribution in [3.63, 3.8) is 0 Å². The van der Waals surface area contributed by atoms with E-state index in [1.165, 1.54) is 40.0 Å². The molecular formula is C22H26N4O3S3. The maximum absolute atomic E-state index is 12.8. The number of hydrogen-bond donors (Lipinski definition) is 1. The first-order chi connectivity index (χ1) is 15.4. The highest BCUT2D eigenvalue weighted by atomic mass is 32.2. The summed E-state index contributed by atoms with van der Waals surface area (Å²) in [6, 6.07) is 2.25. The van der Waals surface area contributed by atoms with Crippen molar-refractivity contribution in [2.24, 2.45) is 0 Å². The Kier molecular flexibility index (Phi) is 7.02. The Morgan fingerprint density at radius 3 is 2.75 bits per heavy atom. The fraction of sp³-hybridized carbons (Fsp3) is 0.455. The minimum atomic E-state index is -0.386. The molecule has 1 N–H and O–H groups in total. The van der Waals surface area contributed by atoms with Gasteiger partial charge in [0.2, 0.25) is 5.91 Å². The van der Waals surface area contributed by atoms with Crippen molar-refractivity contribution < 1.29 is 14.3 Å². The maximum atomic E-state index is 12.8. The molecule has 1 aliphatic rings. The number of methoxy groups -OCH3 is 1. The van der Waals surface area contributed by atoms with Gasteiger partial charge in [0.1, 0.15) is 5.00 Å². The van der Waals surface area contributed by atoms with E-state index in [4.69, 9.17) is 4.74 Å². The number of hydrogen-bond acceptors (Lipinski definition) is 8. The Morgan fingerprint density at radius 2 is 2.06 bits per heavy atom. The lowest BCUT2D eigenvalue weighted by molar-refractivity contribution is -0.113. The third-order valence-electron chi connectivity index (χ3n) is 5.32. The van der Waals surface area contributed by atoms with E-state index in [1.54, 1.807) is 11.3 Å². The van der Waals surface area contributed by atoms with Gasteiger partial charge in [0.05, 0.1) is 18.4 Å². The van der Waals surface area contributed by atoms with E-state index in [-0.39, 0.29) is 23.7 Å². The number of thiophene rings is 2. The summed E-state index contributed by atoms with van der Waals surface area (Å²) in [5, 5.41) is 15.0. The van der Waals surface area contributed by atoms with Gasteiger partial charge in [-0.1, -0.05) is 11.8 Å². The van der Waals surface area contributed by atoms with E-state index in [2.05, 4.69) is 52.3 Å². The van der Waals surface area contributed by atoms with E-state index in [1.807, 2.05) is 0 Å². The van der Waals surface area contributed by atoms with Crippen molar-refractivity contribution >= 4 is 51.3 Å². The molecule has 0 radical (unpaired) electrons. The number of carbonyl (C=O) groups excluding carboxylic acids is 2. The Morgan fingerprint density at radius 1 is 1.28 bits per heavy atom. The second kappa shape index (κ2) is 9.76. The number of fused-ring (bicyclic) bond motifs is 1. The zero-order chi connectivity index (χ0) is 22.8. The largest absolute Gasteiger partial charge is 0.465 e. The Hall–Kier alpha value is -2.17. The van der Waals surface area contributed by atoms with E-state index >= 15 is 0 Å². The summed E-state index contributed by atoms with van der Waals surface area (Å²) < 4.78 is 7.05. The van der Waals surface area contributed by atoms with Crippen LogP contribution < -0.4 is 5.32 Å². The minimum absolute atomic E-state index is 0.153. The molecule has 1 aliphatic carbocycles. The molecule has 7 nitrogen and oxygen atoms in total. The maximum Gasteiger partial charge on any atom is 0.341 e. The van der Waals surface area contributed by atoms with Gasteiger partial charge in [0, 0.05) is 26.7 Å². The molecule has 0 saturated heterocycles. The first kappa shape index (κ1) is 23.0. The van der Waals surface area contributed by atoms with Gasteiger partial charge in [0.15, 0.2) is 11.0 Å². The van der Waals surface area contributed by atoms with Crippen molar-refractivity contribution in [1.29, 1.82) is 0 Å². The number of esters is 1. The second-order valence-corrected chi connectivity index (χ2v) is 11.1. The molecule has 0 aromatic carbocycles. The van der Waals surface area contributed by atoms with Gasteiger partial charge in [-0.3, -0.25) is 9.36 Å². The average molecular weight is 491 g/mol. The number of anilines is 1. The number of nitrogens with zero attached hydrogens (tertiary/aromatic N) is 3. The predicted molar refractivity (Wildman–Crippen MR) is 130 cm³/mol. The molecule has 3 heterocycles. The van der Waals surface area contributed by atoms with Gasteiger partial charge in [-0.25, -0.2) is 4.79 Å². The number of carbonyl (C=O) groups is 2. The molecule has 0 saturated carbocycles. The molecular weight excluding hydrogens is 464 g/mol. The normalized spacial score (nSPS) is 13.3. The molecule has 170 valence electrons. The van der Waals surface area contributed by atoms with Gasteiger partial charge in [-0.2, -0.15) is 0 Å². The average Bonchev–Trinajstić information content (AvgIpc) is 3.47. The summed E-state index contributed by atoms with van der Waals surface area (Å²) in [4.78, 5) is 27.6. The van der Waals surface area contributed by atoms with E-state index < -0.39 is 0 Å². The van der Waals surface area contributed by atoms with Crippen LogP contribution in [0.5, 0.6) is 0 Å².